The van der Waals surface area contributed by atoms with E-state index in [1.165, 1.54) is 22.3 Å². The smallest absolute Gasteiger partial charge is 0.178 e. The normalized spacial score (nSPS) is 12.7. The van der Waals surface area contributed by atoms with E-state index in [-0.39, 0.29) is 33.0 Å². The number of nitriles is 2. The molecule has 40 heavy (non-hydrogen) atoms. The lowest BCUT2D eigenvalue weighted by Gasteiger charge is -2.30. The molecule has 0 atom stereocenters. The average molecular weight is 571 g/mol. The summed E-state index contributed by atoms with van der Waals surface area (Å²) in [7, 11) is 0. The second kappa shape index (κ2) is 11.2. The summed E-state index contributed by atoms with van der Waals surface area (Å²) in [6, 6.07) is 17.2. The van der Waals surface area contributed by atoms with Crippen LogP contribution in [0.25, 0.3) is 0 Å². The molecule has 0 fully saturated rings. The van der Waals surface area contributed by atoms with Gasteiger partial charge in [0.25, 0.3) is 0 Å². The Labute approximate surface area is 250 Å². The van der Waals surface area contributed by atoms with Gasteiger partial charge >= 0.3 is 0 Å². The van der Waals surface area contributed by atoms with E-state index in [1.807, 2.05) is 0 Å². The van der Waals surface area contributed by atoms with E-state index >= 15 is 0 Å². The van der Waals surface area contributed by atoms with Gasteiger partial charge in [-0.05, 0) is 43.9 Å². The van der Waals surface area contributed by atoms with E-state index in [1.54, 1.807) is 23.5 Å². The fourth-order valence-electron chi connectivity index (χ4n) is 4.54. The quantitative estimate of drug-likeness (QED) is 0.311. The fraction of sp³-hybridized carbons (Fsp3) is 0.471. The molecule has 1 aromatic heterocycles. The van der Waals surface area contributed by atoms with Gasteiger partial charge in [0.05, 0.1) is 0 Å². The standard InChI is InChI=1S/C34H42N4S2/c1-31(2,3)21-15-13-16-22(32(4,5)6)27(21)39-29-30(38-26(20-36)25(19-35)37-29)40-28-23(33(7,8)9)17-14-18-24(28)34(10,11)12/h13-18H,1-12H3. The van der Waals surface area contributed by atoms with E-state index in [4.69, 9.17) is 9.97 Å². The number of nitrogens with zero attached hydrogens (tertiary/aromatic N) is 4. The molecule has 0 amide bonds. The highest BCUT2D eigenvalue weighted by Gasteiger charge is 2.30. The molecule has 0 aliphatic rings. The molecular weight excluding hydrogens is 529 g/mol. The largest absolute Gasteiger partial charge is 0.224 e. The molecule has 0 spiro atoms. The third-order valence-electron chi connectivity index (χ3n) is 6.71. The highest BCUT2D eigenvalue weighted by Crippen LogP contribution is 2.48. The predicted octanol–water partition coefficient (Wildman–Crippen LogP) is 9.71. The van der Waals surface area contributed by atoms with Crippen LogP contribution in [0.2, 0.25) is 0 Å². The van der Waals surface area contributed by atoms with Crippen LogP contribution in [0, 0.1) is 22.7 Å². The molecular formula is C34H42N4S2. The van der Waals surface area contributed by atoms with Crippen molar-refractivity contribution in [1.82, 2.24) is 9.97 Å². The summed E-state index contributed by atoms with van der Waals surface area (Å²) in [6.45, 7) is 26.6. The maximum absolute atomic E-state index is 9.87. The Hall–Kier alpha value is -2.80. The minimum absolute atomic E-state index is 0.0556. The van der Waals surface area contributed by atoms with Crippen LogP contribution in [-0.2, 0) is 21.7 Å². The zero-order valence-corrected chi connectivity index (χ0v) is 27.7. The van der Waals surface area contributed by atoms with E-state index in [9.17, 15) is 10.5 Å². The van der Waals surface area contributed by atoms with Crippen molar-refractivity contribution in [3.63, 3.8) is 0 Å². The number of hydrogen-bond acceptors (Lipinski definition) is 6. The summed E-state index contributed by atoms with van der Waals surface area (Å²) in [4.78, 5) is 11.8. The summed E-state index contributed by atoms with van der Waals surface area (Å²) in [6.07, 6.45) is 0. The molecule has 0 bridgehead atoms. The predicted molar refractivity (Wildman–Crippen MR) is 167 cm³/mol. The Kier molecular flexibility index (Phi) is 8.91. The van der Waals surface area contributed by atoms with Crippen LogP contribution < -0.4 is 0 Å². The molecule has 0 saturated carbocycles. The van der Waals surface area contributed by atoms with Gasteiger partial charge < -0.3 is 0 Å². The van der Waals surface area contributed by atoms with Crippen molar-refractivity contribution in [2.24, 2.45) is 0 Å². The van der Waals surface area contributed by atoms with Gasteiger partial charge in [0.1, 0.15) is 22.2 Å². The minimum atomic E-state index is -0.104. The van der Waals surface area contributed by atoms with Gasteiger partial charge in [0.2, 0.25) is 0 Å². The molecule has 210 valence electrons. The molecule has 4 nitrogen and oxygen atoms in total. The Bertz CT molecular complexity index is 1320. The summed E-state index contributed by atoms with van der Waals surface area (Å²) >= 11 is 3.12. The van der Waals surface area contributed by atoms with Crippen LogP contribution in [0.5, 0.6) is 0 Å². The first-order chi connectivity index (χ1) is 18.3. The summed E-state index contributed by atoms with van der Waals surface area (Å²) in [5, 5.41) is 21.0. The molecule has 3 rings (SSSR count). The Morgan fingerprint density at radius 1 is 0.500 bits per heavy atom. The molecule has 0 aliphatic heterocycles. The molecule has 0 N–H and O–H groups in total. The summed E-state index contributed by atoms with van der Waals surface area (Å²) < 4.78 is 0. The first-order valence-electron chi connectivity index (χ1n) is 13.6. The maximum Gasteiger partial charge on any atom is 0.178 e. The lowest BCUT2D eigenvalue weighted by atomic mass is 9.80. The lowest BCUT2D eigenvalue weighted by Crippen LogP contribution is -2.19. The van der Waals surface area contributed by atoms with E-state index in [2.05, 4.69) is 132 Å². The van der Waals surface area contributed by atoms with Gasteiger partial charge in [-0.2, -0.15) is 10.5 Å². The topological polar surface area (TPSA) is 73.4 Å². The molecule has 0 radical (unpaired) electrons. The first-order valence-corrected chi connectivity index (χ1v) is 15.3. The number of rotatable bonds is 4. The maximum atomic E-state index is 9.87. The number of hydrogen-bond donors (Lipinski definition) is 0. The Morgan fingerprint density at radius 3 is 0.950 bits per heavy atom. The van der Waals surface area contributed by atoms with Gasteiger partial charge in [-0.3, -0.25) is 0 Å². The van der Waals surface area contributed by atoms with Gasteiger partial charge in [0, 0.05) is 9.79 Å². The zero-order valence-electron chi connectivity index (χ0n) is 26.1. The molecule has 0 unspecified atom stereocenters. The lowest BCUT2D eigenvalue weighted by molar-refractivity contribution is 0.545. The highest BCUT2D eigenvalue weighted by molar-refractivity contribution is 8.02. The SMILES string of the molecule is CC(C)(C)c1cccc(C(C)(C)C)c1Sc1nc(C#N)c(C#N)nc1Sc1c(C(C)(C)C)cccc1C(C)(C)C. The van der Waals surface area contributed by atoms with Crippen LogP contribution in [0.4, 0.5) is 0 Å². The van der Waals surface area contributed by atoms with E-state index < -0.39 is 0 Å². The van der Waals surface area contributed by atoms with Gasteiger partial charge in [-0.15, -0.1) is 0 Å². The molecule has 3 aromatic rings. The zero-order chi connectivity index (χ0) is 30.3. The van der Waals surface area contributed by atoms with Crippen LogP contribution in [-0.4, -0.2) is 9.97 Å². The van der Waals surface area contributed by atoms with Crippen LogP contribution in [0.3, 0.4) is 0 Å². The molecule has 1 heterocycles. The highest BCUT2D eigenvalue weighted by atomic mass is 32.2. The molecule has 2 aromatic carbocycles. The summed E-state index contributed by atoms with van der Waals surface area (Å²) in [5.41, 5.74) is 4.57. The first kappa shape index (κ1) is 31.7. The molecule has 6 heteroatoms. The van der Waals surface area contributed by atoms with Crippen molar-refractivity contribution in [2.45, 2.75) is 125 Å². The Morgan fingerprint density at radius 2 is 0.750 bits per heavy atom. The van der Waals surface area contributed by atoms with Gasteiger partial charge in [-0.1, -0.05) is 143 Å². The van der Waals surface area contributed by atoms with Gasteiger partial charge in [0.15, 0.2) is 11.4 Å². The molecule has 0 aliphatic carbocycles. The minimum Gasteiger partial charge on any atom is -0.224 e. The number of aromatic nitrogens is 2. The molecule has 0 saturated heterocycles. The number of benzene rings is 2. The second-order valence-corrected chi connectivity index (χ2v) is 16.3. The van der Waals surface area contributed by atoms with Crippen molar-refractivity contribution in [1.29, 1.82) is 10.5 Å². The van der Waals surface area contributed by atoms with Crippen molar-refractivity contribution in [3.8, 4) is 12.1 Å². The third kappa shape index (κ3) is 6.91. The summed E-state index contributed by atoms with van der Waals surface area (Å²) in [5.74, 6) is 0. The van der Waals surface area contributed by atoms with Crippen LogP contribution >= 0.6 is 23.5 Å². The second-order valence-electron chi connectivity index (χ2n) is 14.3. The van der Waals surface area contributed by atoms with Crippen molar-refractivity contribution < 1.29 is 0 Å². The van der Waals surface area contributed by atoms with E-state index in [0.717, 1.165) is 9.79 Å². The van der Waals surface area contributed by atoms with Crippen molar-refractivity contribution in [3.05, 3.63) is 70.0 Å². The monoisotopic (exact) mass is 570 g/mol. The third-order valence-corrected chi connectivity index (χ3v) is 9.08. The van der Waals surface area contributed by atoms with Crippen molar-refractivity contribution >= 4 is 23.5 Å². The Balaban J connectivity index is 2.37. The van der Waals surface area contributed by atoms with Crippen LogP contribution in [0.15, 0.2) is 56.2 Å². The van der Waals surface area contributed by atoms with Gasteiger partial charge in [-0.25, -0.2) is 9.97 Å². The van der Waals surface area contributed by atoms with Crippen LogP contribution in [0.1, 0.15) is 117 Å². The van der Waals surface area contributed by atoms with Crippen molar-refractivity contribution in [2.75, 3.05) is 0 Å². The fourth-order valence-corrected chi connectivity index (χ4v) is 7.66. The van der Waals surface area contributed by atoms with E-state index in [0.29, 0.717) is 10.1 Å². The average Bonchev–Trinajstić information content (AvgIpc) is 2.82.